The molecule has 4 heteroatoms. The van der Waals surface area contributed by atoms with Gasteiger partial charge in [0.15, 0.2) is 0 Å². The fourth-order valence-corrected chi connectivity index (χ4v) is 3.27. The molecule has 20 heavy (non-hydrogen) atoms. The van der Waals surface area contributed by atoms with Gasteiger partial charge in [0.05, 0.1) is 33.4 Å². The molecule has 1 aliphatic rings. The van der Waals surface area contributed by atoms with E-state index in [0.29, 0.717) is 13.0 Å². The Hall–Kier alpha value is -1.10. The highest BCUT2D eigenvalue weighted by molar-refractivity contribution is 5.33. The van der Waals surface area contributed by atoms with Gasteiger partial charge < -0.3 is 19.7 Å². The van der Waals surface area contributed by atoms with Gasteiger partial charge in [-0.25, -0.2) is 0 Å². The second-order valence-corrected chi connectivity index (χ2v) is 6.36. The molecule has 1 aromatic rings. The van der Waals surface area contributed by atoms with E-state index in [1.54, 1.807) is 21.2 Å². The number of hydrogen-bond acceptors (Lipinski definition) is 3. The zero-order valence-corrected chi connectivity index (χ0v) is 12.6. The highest BCUT2D eigenvalue weighted by Crippen LogP contribution is 2.43. The molecule has 0 aromatic heterocycles. The molecule has 0 heterocycles. The zero-order chi connectivity index (χ0) is 14.8. The Morgan fingerprint density at radius 1 is 1.40 bits per heavy atom. The van der Waals surface area contributed by atoms with Crippen molar-refractivity contribution in [3.05, 3.63) is 35.0 Å². The van der Waals surface area contributed by atoms with E-state index in [1.165, 1.54) is 0 Å². The smallest absolute Gasteiger partial charge is 0.119 e. The van der Waals surface area contributed by atoms with Crippen molar-refractivity contribution in [2.24, 2.45) is 5.92 Å². The number of quaternary nitrogens is 1. The first-order chi connectivity index (χ1) is 9.35. The first kappa shape index (κ1) is 15.3. The van der Waals surface area contributed by atoms with E-state index in [1.807, 2.05) is 24.3 Å². The maximum Gasteiger partial charge on any atom is 0.119 e. The molecular weight excluding hydrogens is 254 g/mol. The molecule has 1 unspecified atom stereocenters. The summed E-state index contributed by atoms with van der Waals surface area (Å²) in [5, 5.41) is 23.2. The molecule has 0 amide bonds. The van der Waals surface area contributed by atoms with Crippen molar-refractivity contribution in [1.82, 2.24) is 0 Å². The van der Waals surface area contributed by atoms with Gasteiger partial charge in [-0.1, -0.05) is 25.0 Å². The molecule has 0 aliphatic heterocycles. The topological polar surface area (TPSA) is 52.5 Å². The van der Waals surface area contributed by atoms with Crippen LogP contribution in [0.2, 0.25) is 0 Å². The number of hydroxylamine groups is 3. The Kier molecular flexibility index (Phi) is 4.37. The largest absolute Gasteiger partial charge is 0.633 e. The third-order valence-electron chi connectivity index (χ3n) is 4.27. The fraction of sp³-hybridized carbons (Fsp3) is 0.625. The average molecular weight is 279 g/mol. The van der Waals surface area contributed by atoms with E-state index in [4.69, 9.17) is 4.74 Å². The number of nitrogens with zero attached hydrogens (tertiary/aromatic N) is 1. The van der Waals surface area contributed by atoms with Crippen LogP contribution in [-0.4, -0.2) is 37.5 Å². The predicted octanol–water partition coefficient (Wildman–Crippen LogP) is 2.65. The monoisotopic (exact) mass is 279 g/mol. The van der Waals surface area contributed by atoms with Gasteiger partial charge in [-0.2, -0.15) is 0 Å². The highest BCUT2D eigenvalue weighted by atomic mass is 16.5. The van der Waals surface area contributed by atoms with Gasteiger partial charge in [0, 0.05) is 5.92 Å². The molecule has 0 radical (unpaired) electrons. The molecular formula is C16H25NO3. The van der Waals surface area contributed by atoms with Crippen molar-refractivity contribution >= 4 is 0 Å². The molecule has 112 valence electrons. The van der Waals surface area contributed by atoms with Crippen LogP contribution in [0.15, 0.2) is 24.3 Å². The van der Waals surface area contributed by atoms with Crippen LogP contribution in [0, 0.1) is 11.1 Å². The zero-order valence-electron chi connectivity index (χ0n) is 12.6. The second-order valence-electron chi connectivity index (χ2n) is 6.36. The van der Waals surface area contributed by atoms with E-state index < -0.39 is 5.60 Å². The Balaban J connectivity index is 2.32. The molecule has 2 rings (SSSR count). The van der Waals surface area contributed by atoms with Gasteiger partial charge in [0.1, 0.15) is 5.75 Å². The summed E-state index contributed by atoms with van der Waals surface area (Å²) in [6.07, 6.45) is 3.69. The lowest BCUT2D eigenvalue weighted by Crippen LogP contribution is -2.47. The summed E-state index contributed by atoms with van der Waals surface area (Å²) in [6, 6.07) is 7.60. The highest BCUT2D eigenvalue weighted by Gasteiger charge is 2.42. The number of methoxy groups -OCH3 is 1. The second kappa shape index (κ2) is 5.72. The summed E-state index contributed by atoms with van der Waals surface area (Å²) in [4.78, 5) is 0. The summed E-state index contributed by atoms with van der Waals surface area (Å²) < 4.78 is 4.89. The van der Waals surface area contributed by atoms with Gasteiger partial charge in [0.25, 0.3) is 0 Å². The third kappa shape index (κ3) is 3.32. The van der Waals surface area contributed by atoms with Gasteiger partial charge in [-0.3, -0.25) is 0 Å². The summed E-state index contributed by atoms with van der Waals surface area (Å²) in [7, 11) is 4.90. The van der Waals surface area contributed by atoms with Crippen molar-refractivity contribution < 1.29 is 14.5 Å². The molecule has 0 bridgehead atoms. The summed E-state index contributed by atoms with van der Waals surface area (Å²) in [6.45, 7) is 0.438. The Morgan fingerprint density at radius 2 is 2.15 bits per heavy atom. The minimum Gasteiger partial charge on any atom is -0.633 e. The van der Waals surface area contributed by atoms with E-state index in [0.717, 1.165) is 30.6 Å². The van der Waals surface area contributed by atoms with E-state index in [-0.39, 0.29) is 10.6 Å². The minimum atomic E-state index is -0.910. The van der Waals surface area contributed by atoms with Crippen LogP contribution in [0.4, 0.5) is 0 Å². The van der Waals surface area contributed by atoms with Crippen molar-refractivity contribution in [2.75, 3.05) is 27.7 Å². The molecule has 4 nitrogen and oxygen atoms in total. The Morgan fingerprint density at radius 3 is 2.80 bits per heavy atom. The molecule has 1 aromatic carbocycles. The van der Waals surface area contributed by atoms with Crippen LogP contribution >= 0.6 is 0 Å². The number of aliphatic hydroxyl groups is 1. The lowest BCUT2D eigenvalue weighted by atomic mass is 9.71. The fourth-order valence-electron chi connectivity index (χ4n) is 3.27. The third-order valence-corrected chi connectivity index (χ3v) is 4.27. The van der Waals surface area contributed by atoms with Crippen molar-refractivity contribution in [3.63, 3.8) is 0 Å². The Labute approximate surface area is 121 Å². The quantitative estimate of drug-likeness (QED) is 0.681. The standard InChI is InChI=1S/C16H25NO3/c1-17(2,19)12-14-7-4-5-10-16(14,18)13-8-6-9-15(11-13)20-3/h6,8-9,11,14,18H,4-5,7,10,12H2,1-3H3/t14-,16?/m1/s1. The molecule has 2 atom stereocenters. The van der Waals surface area contributed by atoms with Crippen molar-refractivity contribution in [2.45, 2.75) is 31.3 Å². The van der Waals surface area contributed by atoms with Gasteiger partial charge in [0.2, 0.25) is 0 Å². The number of ether oxygens (including phenoxy) is 1. The van der Waals surface area contributed by atoms with E-state index in [2.05, 4.69) is 0 Å². The van der Waals surface area contributed by atoms with Gasteiger partial charge >= 0.3 is 0 Å². The lowest BCUT2D eigenvalue weighted by Gasteiger charge is -2.45. The van der Waals surface area contributed by atoms with Gasteiger partial charge in [-0.05, 0) is 30.5 Å². The number of rotatable bonds is 4. The average Bonchev–Trinajstić information content (AvgIpc) is 2.40. The molecule has 1 fully saturated rings. The van der Waals surface area contributed by atoms with Gasteiger partial charge in [-0.15, -0.1) is 0 Å². The molecule has 1 saturated carbocycles. The molecule has 1 N–H and O–H groups in total. The number of benzene rings is 1. The summed E-state index contributed by atoms with van der Waals surface area (Å²) in [5.74, 6) is 0.743. The molecule has 0 spiro atoms. The summed E-state index contributed by atoms with van der Waals surface area (Å²) in [5.41, 5.74) is -0.0396. The SMILES string of the molecule is COc1cccc(C2(O)CCCC[C@@H]2C[N+](C)(C)[O-])c1. The van der Waals surface area contributed by atoms with Crippen molar-refractivity contribution in [1.29, 1.82) is 0 Å². The van der Waals surface area contributed by atoms with Crippen LogP contribution in [0.25, 0.3) is 0 Å². The predicted molar refractivity (Wildman–Crippen MR) is 79.2 cm³/mol. The maximum atomic E-state index is 12.0. The van der Waals surface area contributed by atoms with Crippen LogP contribution in [0.1, 0.15) is 31.2 Å². The number of hydrogen-bond donors (Lipinski definition) is 1. The first-order valence-corrected chi connectivity index (χ1v) is 7.26. The van der Waals surface area contributed by atoms with Crippen molar-refractivity contribution in [3.8, 4) is 5.75 Å². The maximum absolute atomic E-state index is 12.0. The van der Waals surface area contributed by atoms with Crippen LogP contribution in [0.3, 0.4) is 0 Å². The van der Waals surface area contributed by atoms with Crippen LogP contribution < -0.4 is 4.74 Å². The van der Waals surface area contributed by atoms with Crippen LogP contribution in [0.5, 0.6) is 5.75 Å². The molecule has 1 aliphatic carbocycles. The van der Waals surface area contributed by atoms with E-state index in [9.17, 15) is 10.3 Å². The Bertz CT molecular complexity index is 455. The normalized spacial score (nSPS) is 27.4. The van der Waals surface area contributed by atoms with Crippen LogP contribution in [-0.2, 0) is 5.60 Å². The molecule has 0 saturated heterocycles. The van der Waals surface area contributed by atoms with E-state index >= 15 is 0 Å². The summed E-state index contributed by atoms with van der Waals surface area (Å²) >= 11 is 0. The first-order valence-electron chi connectivity index (χ1n) is 7.26. The lowest BCUT2D eigenvalue weighted by molar-refractivity contribution is -0.845. The minimum absolute atomic E-state index is 0.00384.